The fourth-order valence-corrected chi connectivity index (χ4v) is 9.65. The number of hydrogen-bond donors (Lipinski definition) is 0. The minimum absolute atomic E-state index is 1.08. The van der Waals surface area contributed by atoms with Crippen molar-refractivity contribution in [1.82, 2.24) is 9.13 Å². The minimum Gasteiger partial charge on any atom is -0.309 e. The Labute approximate surface area is 361 Å². The van der Waals surface area contributed by atoms with Crippen LogP contribution in [0, 0.1) is 0 Å². The number of hydrogen-bond acceptors (Lipinski definition) is 0. The molecular weight excluding hydrogens is 749 g/mol. The van der Waals surface area contributed by atoms with Crippen molar-refractivity contribution in [3.63, 3.8) is 0 Å². The van der Waals surface area contributed by atoms with E-state index in [1.165, 1.54) is 99.3 Å². The van der Waals surface area contributed by atoms with E-state index in [9.17, 15) is 0 Å². The van der Waals surface area contributed by atoms with Crippen LogP contribution in [0.1, 0.15) is 18.4 Å². The van der Waals surface area contributed by atoms with Gasteiger partial charge in [0.25, 0.3) is 0 Å². The highest BCUT2D eigenvalue weighted by Gasteiger charge is 2.18. The van der Waals surface area contributed by atoms with Crippen LogP contribution in [0.3, 0.4) is 0 Å². The molecule has 0 radical (unpaired) electrons. The molecule has 2 nitrogen and oxygen atoms in total. The molecule has 0 fully saturated rings. The molecule has 2 heterocycles. The lowest BCUT2D eigenvalue weighted by Gasteiger charge is -2.11. The maximum absolute atomic E-state index is 2.43. The predicted molar refractivity (Wildman–Crippen MR) is 263 cm³/mol. The molecule has 0 spiro atoms. The Balaban J connectivity index is 1.03. The van der Waals surface area contributed by atoms with Gasteiger partial charge in [-0.05, 0) is 141 Å². The Hall–Kier alpha value is -7.94. The molecule has 292 valence electrons. The van der Waals surface area contributed by atoms with Crippen LogP contribution < -0.4 is 0 Å². The second-order valence-electron chi connectivity index (χ2n) is 16.4. The third-order valence-corrected chi connectivity index (χ3v) is 12.8. The Morgan fingerprint density at radius 2 is 0.597 bits per heavy atom. The molecule has 0 N–H and O–H groups in total. The summed E-state index contributed by atoms with van der Waals surface area (Å²) in [7, 11) is 0. The maximum atomic E-state index is 2.43. The second-order valence-corrected chi connectivity index (χ2v) is 16.4. The highest BCUT2D eigenvalue weighted by molar-refractivity contribution is 6.14. The normalized spacial score (nSPS) is 12.7. The lowest BCUT2D eigenvalue weighted by atomic mass is 9.97. The molecule has 2 heteroatoms. The molecule has 2 aromatic heterocycles. The van der Waals surface area contributed by atoms with Crippen molar-refractivity contribution in [2.75, 3.05) is 0 Å². The van der Waals surface area contributed by atoms with E-state index in [1.807, 2.05) is 0 Å². The summed E-state index contributed by atoms with van der Waals surface area (Å²) in [5.41, 5.74) is 19.4. The smallest absolute Gasteiger partial charge is 0.0541 e. The molecule has 11 aromatic rings. The summed E-state index contributed by atoms with van der Waals surface area (Å²) in [5, 5.41) is 4.99. The number of benzene rings is 9. The van der Waals surface area contributed by atoms with Gasteiger partial charge in [0, 0.05) is 32.9 Å². The maximum Gasteiger partial charge on any atom is 0.0541 e. The van der Waals surface area contributed by atoms with Crippen molar-refractivity contribution in [1.29, 1.82) is 0 Å². The minimum atomic E-state index is 1.08. The predicted octanol–water partition coefficient (Wildman–Crippen LogP) is 16.3. The lowest BCUT2D eigenvalue weighted by Crippen LogP contribution is -1.94. The van der Waals surface area contributed by atoms with Crippen LogP contribution >= 0.6 is 0 Å². The first kappa shape index (κ1) is 36.0. The fraction of sp³-hybridized carbons (Fsp3) is 0.0333. The molecule has 0 bridgehead atoms. The van der Waals surface area contributed by atoms with E-state index in [0.717, 1.165) is 24.2 Å². The van der Waals surface area contributed by atoms with Gasteiger partial charge in [-0.3, -0.25) is 0 Å². The number of nitrogens with zero attached hydrogens (tertiary/aromatic N) is 2. The molecule has 1 aliphatic carbocycles. The van der Waals surface area contributed by atoms with Gasteiger partial charge >= 0.3 is 0 Å². The molecule has 0 atom stereocenters. The van der Waals surface area contributed by atoms with Crippen LogP contribution in [0.4, 0.5) is 0 Å². The van der Waals surface area contributed by atoms with Crippen molar-refractivity contribution in [2.45, 2.75) is 12.8 Å². The number of fused-ring (bicyclic) bond motifs is 6. The van der Waals surface area contributed by atoms with Crippen molar-refractivity contribution in [2.24, 2.45) is 0 Å². The number of allylic oxidation sites excluding steroid dienone is 4. The molecular formula is C60H42N2. The average molecular weight is 791 g/mol. The fourth-order valence-electron chi connectivity index (χ4n) is 9.65. The van der Waals surface area contributed by atoms with E-state index in [0.29, 0.717) is 0 Å². The van der Waals surface area contributed by atoms with E-state index >= 15 is 0 Å². The topological polar surface area (TPSA) is 9.86 Å². The quantitative estimate of drug-likeness (QED) is 0.152. The van der Waals surface area contributed by atoms with Gasteiger partial charge in [-0.1, -0.05) is 158 Å². The van der Waals surface area contributed by atoms with Gasteiger partial charge in [0.2, 0.25) is 0 Å². The third kappa shape index (κ3) is 6.19. The second kappa shape index (κ2) is 15.0. The zero-order chi connectivity index (χ0) is 41.0. The highest BCUT2D eigenvalue weighted by atomic mass is 15.0. The Bertz CT molecular complexity index is 3510. The molecule has 0 amide bonds. The van der Waals surface area contributed by atoms with Gasteiger partial charge in [-0.15, -0.1) is 0 Å². The summed E-state index contributed by atoms with van der Waals surface area (Å²) in [6.45, 7) is 0. The Morgan fingerprint density at radius 1 is 0.274 bits per heavy atom. The van der Waals surface area contributed by atoms with Crippen LogP contribution in [0.25, 0.3) is 105 Å². The third-order valence-electron chi connectivity index (χ3n) is 12.8. The molecule has 62 heavy (non-hydrogen) atoms. The van der Waals surface area contributed by atoms with E-state index in [4.69, 9.17) is 0 Å². The van der Waals surface area contributed by atoms with E-state index in [-0.39, 0.29) is 0 Å². The zero-order valence-corrected chi connectivity index (χ0v) is 34.2. The first-order valence-corrected chi connectivity index (χ1v) is 21.6. The van der Waals surface area contributed by atoms with Crippen molar-refractivity contribution in [3.8, 4) is 55.9 Å². The first-order chi connectivity index (χ1) is 30.7. The monoisotopic (exact) mass is 790 g/mol. The molecule has 1 aliphatic rings. The Morgan fingerprint density at radius 3 is 0.984 bits per heavy atom. The van der Waals surface area contributed by atoms with Crippen LogP contribution in [0.5, 0.6) is 0 Å². The lowest BCUT2D eigenvalue weighted by molar-refractivity contribution is 1.04. The zero-order valence-electron chi connectivity index (χ0n) is 34.2. The summed E-state index contributed by atoms with van der Waals surface area (Å²) in [5.74, 6) is 0. The van der Waals surface area contributed by atoms with Gasteiger partial charge in [0.1, 0.15) is 0 Å². The molecule has 12 rings (SSSR count). The van der Waals surface area contributed by atoms with Gasteiger partial charge in [0.05, 0.1) is 22.1 Å². The molecule has 0 saturated carbocycles. The largest absolute Gasteiger partial charge is 0.309 e. The van der Waals surface area contributed by atoms with Crippen LogP contribution in [0.2, 0.25) is 0 Å². The summed E-state index contributed by atoms with van der Waals surface area (Å²) >= 11 is 0. The SMILES string of the molecule is C1=CC(c2ccc3c(c2)c2cc(-c4ccc5c(c4)c4cc(-c6ccccc6)ccc4n5-c4ccc(-c5ccccc5)cc4)ccc2n3-c2ccc(-c3ccccc3)cc2)=CCC1. The van der Waals surface area contributed by atoms with Crippen molar-refractivity contribution < 1.29 is 0 Å². The van der Waals surface area contributed by atoms with Gasteiger partial charge < -0.3 is 9.13 Å². The van der Waals surface area contributed by atoms with Crippen LogP contribution in [-0.2, 0) is 0 Å². The molecule has 9 aromatic carbocycles. The molecule has 0 unspecified atom stereocenters. The number of aromatic nitrogens is 2. The molecule has 0 aliphatic heterocycles. The van der Waals surface area contributed by atoms with Gasteiger partial charge in [0.15, 0.2) is 0 Å². The summed E-state index contributed by atoms with van der Waals surface area (Å²) in [6.07, 6.45) is 9.13. The highest BCUT2D eigenvalue weighted by Crippen LogP contribution is 2.41. The van der Waals surface area contributed by atoms with E-state index in [1.54, 1.807) is 0 Å². The van der Waals surface area contributed by atoms with E-state index in [2.05, 4.69) is 240 Å². The van der Waals surface area contributed by atoms with E-state index < -0.39 is 0 Å². The summed E-state index contributed by atoms with van der Waals surface area (Å²) < 4.78 is 4.86. The van der Waals surface area contributed by atoms with Crippen LogP contribution in [0.15, 0.2) is 231 Å². The standard InChI is InChI=1S/C60H42N2/c1-5-13-41(14-6-1)45-21-29-51(30-22-45)61-57-33-25-47(43-17-9-3-10-18-43)37-53(57)55-39-49(27-35-59(55)61)50-28-36-60-56(40-50)54-38-48(44-19-11-4-12-20-44)26-34-58(54)62(60)52-31-23-46(24-32-52)42-15-7-2-8-16-42/h1-3,5-11,13-40H,4,12H2. The first-order valence-electron chi connectivity index (χ1n) is 21.6. The van der Waals surface area contributed by atoms with Gasteiger partial charge in [-0.25, -0.2) is 0 Å². The van der Waals surface area contributed by atoms with Crippen LogP contribution in [-0.4, -0.2) is 9.13 Å². The molecule has 0 saturated heterocycles. The summed E-state index contributed by atoms with van der Waals surface area (Å²) in [6, 6.07) is 78.0. The van der Waals surface area contributed by atoms with Crippen molar-refractivity contribution in [3.05, 3.63) is 236 Å². The average Bonchev–Trinajstić information content (AvgIpc) is 3.86. The summed E-state index contributed by atoms with van der Waals surface area (Å²) in [4.78, 5) is 0. The number of rotatable bonds is 7. The Kier molecular flexibility index (Phi) is 8.67. The van der Waals surface area contributed by atoms with Gasteiger partial charge in [-0.2, -0.15) is 0 Å². The van der Waals surface area contributed by atoms with Crippen molar-refractivity contribution >= 4 is 49.2 Å².